The highest BCUT2D eigenvalue weighted by Crippen LogP contribution is 2.28. The summed E-state index contributed by atoms with van der Waals surface area (Å²) >= 11 is 0. The van der Waals surface area contributed by atoms with E-state index < -0.39 is 15.6 Å². The van der Waals surface area contributed by atoms with Gasteiger partial charge in [0.2, 0.25) is 0 Å². The molecule has 0 spiro atoms. The van der Waals surface area contributed by atoms with Crippen molar-refractivity contribution in [3.05, 3.63) is 28.6 Å². The zero-order chi connectivity index (χ0) is 9.22. The molecule has 0 radical (unpaired) electrons. The molecule has 1 aromatic carbocycles. The molecule has 0 N–H and O–H groups in total. The van der Waals surface area contributed by atoms with E-state index in [1.165, 1.54) is 6.07 Å². The standard InChI is InChI=1S/C7H3NO4S/c9-7-6-4-2-1-3-5(6)13(10,11)8(7)12-4/h1-3H. The summed E-state index contributed by atoms with van der Waals surface area (Å²) in [5.41, 5.74) is -0.275. The van der Waals surface area contributed by atoms with Crippen molar-refractivity contribution in [3.63, 3.8) is 0 Å². The molecule has 66 valence electrons. The lowest BCUT2D eigenvalue weighted by molar-refractivity contribution is 0.386. The van der Waals surface area contributed by atoms with Crippen molar-refractivity contribution < 1.29 is 12.9 Å². The van der Waals surface area contributed by atoms with Crippen molar-refractivity contribution in [1.82, 2.24) is 4.15 Å². The predicted octanol–water partition coefficient (Wildman–Crippen LogP) is 0.145. The van der Waals surface area contributed by atoms with Crippen LogP contribution in [-0.2, 0) is 10.0 Å². The zero-order valence-electron chi connectivity index (χ0n) is 6.22. The number of hydrogen-bond acceptors (Lipinski definition) is 4. The third-order valence-corrected chi connectivity index (χ3v) is 3.62. The van der Waals surface area contributed by atoms with Crippen LogP contribution < -0.4 is 5.56 Å². The summed E-state index contributed by atoms with van der Waals surface area (Å²) < 4.78 is 28.1. The van der Waals surface area contributed by atoms with Gasteiger partial charge in [0.05, 0.1) is 0 Å². The minimum Gasteiger partial charge on any atom is -0.360 e. The van der Waals surface area contributed by atoms with Crippen LogP contribution in [0.15, 0.2) is 32.4 Å². The number of aromatic nitrogens is 1. The van der Waals surface area contributed by atoms with E-state index in [0.717, 1.165) is 0 Å². The predicted molar refractivity (Wildman–Crippen MR) is 43.1 cm³/mol. The smallest absolute Gasteiger partial charge is 0.308 e. The van der Waals surface area contributed by atoms with Gasteiger partial charge in [-0.1, -0.05) is 10.2 Å². The largest absolute Gasteiger partial charge is 0.360 e. The number of fused-ring (bicyclic) bond motifs is 1. The minimum absolute atomic E-state index is 0.0428. The first kappa shape index (κ1) is 6.90. The van der Waals surface area contributed by atoms with Crippen LogP contribution in [0.5, 0.6) is 0 Å². The molecule has 3 rings (SSSR count). The van der Waals surface area contributed by atoms with Crippen molar-refractivity contribution in [2.24, 2.45) is 0 Å². The average molecular weight is 197 g/mol. The second kappa shape index (κ2) is 1.69. The van der Waals surface area contributed by atoms with Crippen LogP contribution in [0.1, 0.15) is 0 Å². The van der Waals surface area contributed by atoms with Gasteiger partial charge in [-0.15, -0.1) is 0 Å². The molecule has 5 nitrogen and oxygen atoms in total. The fourth-order valence-corrected chi connectivity index (χ4v) is 2.85. The first-order valence-corrected chi connectivity index (χ1v) is 4.97. The van der Waals surface area contributed by atoms with E-state index in [4.69, 9.17) is 4.52 Å². The normalized spacial score (nSPS) is 17.2. The van der Waals surface area contributed by atoms with Gasteiger partial charge in [0.25, 0.3) is 10.0 Å². The Kier molecular flexibility index (Phi) is 0.899. The summed E-state index contributed by atoms with van der Waals surface area (Å²) in [6.45, 7) is 0. The van der Waals surface area contributed by atoms with Crippen LogP contribution in [0.2, 0.25) is 0 Å². The quantitative estimate of drug-likeness (QED) is 0.514. The molecule has 2 bridgehead atoms. The molecule has 2 aromatic rings. The number of hydrogen-bond donors (Lipinski definition) is 0. The topological polar surface area (TPSA) is 69.3 Å². The Morgan fingerprint density at radius 2 is 2.08 bits per heavy atom. The third-order valence-electron chi connectivity index (χ3n) is 2.05. The number of rotatable bonds is 0. The molecule has 1 aliphatic rings. The monoisotopic (exact) mass is 197 g/mol. The van der Waals surface area contributed by atoms with E-state index in [1.807, 2.05) is 0 Å². The molecule has 0 unspecified atom stereocenters. The summed E-state index contributed by atoms with van der Waals surface area (Å²) in [6, 6.07) is 4.50. The van der Waals surface area contributed by atoms with Crippen molar-refractivity contribution in [3.8, 4) is 0 Å². The average Bonchev–Trinajstić information content (AvgIpc) is 2.50. The van der Waals surface area contributed by atoms with Gasteiger partial charge in [0, 0.05) is 0 Å². The molecular weight excluding hydrogens is 194 g/mol. The van der Waals surface area contributed by atoms with E-state index in [-0.39, 0.29) is 10.3 Å². The van der Waals surface area contributed by atoms with E-state index in [1.54, 1.807) is 12.1 Å². The van der Waals surface area contributed by atoms with Gasteiger partial charge in [-0.05, 0) is 12.1 Å². The Hall–Kier alpha value is -1.56. The van der Waals surface area contributed by atoms with E-state index in [0.29, 0.717) is 9.73 Å². The lowest BCUT2D eigenvalue weighted by Crippen LogP contribution is -2.16. The van der Waals surface area contributed by atoms with Crippen LogP contribution in [0.3, 0.4) is 0 Å². The molecule has 13 heavy (non-hydrogen) atoms. The fourth-order valence-electron chi connectivity index (χ4n) is 1.48. The van der Waals surface area contributed by atoms with Gasteiger partial charge in [-0.25, -0.2) is 0 Å². The fraction of sp³-hybridized carbons (Fsp3) is 0. The highest BCUT2D eigenvalue weighted by Gasteiger charge is 2.35. The molecule has 0 fully saturated rings. The van der Waals surface area contributed by atoms with Crippen LogP contribution in [0.4, 0.5) is 0 Å². The van der Waals surface area contributed by atoms with Gasteiger partial charge in [-0.3, -0.25) is 4.79 Å². The van der Waals surface area contributed by atoms with Crippen LogP contribution in [0.25, 0.3) is 11.0 Å². The van der Waals surface area contributed by atoms with E-state index >= 15 is 0 Å². The maximum absolute atomic E-state index is 11.4. The summed E-state index contributed by atoms with van der Waals surface area (Å²) in [5.74, 6) is 0. The Labute approximate surface area is 72.2 Å². The highest BCUT2D eigenvalue weighted by molar-refractivity contribution is 7.90. The maximum Gasteiger partial charge on any atom is 0.308 e. The first-order valence-electron chi connectivity index (χ1n) is 3.53. The second-order valence-corrected chi connectivity index (χ2v) is 4.48. The molecule has 6 heteroatoms. The molecule has 0 atom stereocenters. The first-order chi connectivity index (χ1) is 6.12. The van der Waals surface area contributed by atoms with E-state index in [2.05, 4.69) is 0 Å². The molecule has 0 aliphatic carbocycles. The molecule has 0 saturated heterocycles. The Morgan fingerprint density at radius 1 is 1.31 bits per heavy atom. The molecule has 0 amide bonds. The summed E-state index contributed by atoms with van der Waals surface area (Å²) in [6.07, 6.45) is 0. The lowest BCUT2D eigenvalue weighted by Gasteiger charge is -2.01. The lowest BCUT2D eigenvalue weighted by atomic mass is 10.3. The summed E-state index contributed by atoms with van der Waals surface area (Å²) in [5, 5.41) is 0.155. The maximum atomic E-state index is 11.4. The van der Waals surface area contributed by atoms with Gasteiger partial charge >= 0.3 is 5.56 Å². The summed E-state index contributed by atoms with van der Waals surface area (Å²) in [7, 11) is -3.70. The molecule has 2 heterocycles. The van der Waals surface area contributed by atoms with Gasteiger partial charge in [0.1, 0.15) is 10.3 Å². The zero-order valence-corrected chi connectivity index (χ0v) is 7.04. The second-order valence-electron chi connectivity index (χ2n) is 2.76. The van der Waals surface area contributed by atoms with Crippen molar-refractivity contribution in [2.45, 2.75) is 4.90 Å². The Balaban J connectivity index is 2.85. The number of nitrogens with zero attached hydrogens (tertiary/aromatic N) is 1. The van der Waals surface area contributed by atoms with E-state index in [9.17, 15) is 13.2 Å². The van der Waals surface area contributed by atoms with Crippen LogP contribution in [-0.4, -0.2) is 12.6 Å². The summed E-state index contributed by atoms with van der Waals surface area (Å²) in [4.78, 5) is 11.3. The highest BCUT2D eigenvalue weighted by atomic mass is 32.2. The van der Waals surface area contributed by atoms with Crippen LogP contribution >= 0.6 is 0 Å². The molecule has 1 aromatic heterocycles. The Morgan fingerprint density at radius 3 is 2.69 bits per heavy atom. The van der Waals surface area contributed by atoms with Crippen molar-refractivity contribution in [2.75, 3.05) is 0 Å². The number of benzene rings is 1. The third kappa shape index (κ3) is 0.560. The molecular formula is C7H3NO4S. The van der Waals surface area contributed by atoms with Crippen molar-refractivity contribution >= 4 is 21.0 Å². The minimum atomic E-state index is -3.70. The SMILES string of the molecule is O=c1c2c3cccc2on1S3(=O)=O. The Bertz CT molecular complexity index is 676. The molecule has 0 saturated carbocycles. The molecule has 1 aliphatic heterocycles. The van der Waals surface area contributed by atoms with Gasteiger partial charge in [-0.2, -0.15) is 8.42 Å². The van der Waals surface area contributed by atoms with Crippen molar-refractivity contribution in [1.29, 1.82) is 0 Å². The van der Waals surface area contributed by atoms with Gasteiger partial charge < -0.3 is 4.52 Å². The van der Waals surface area contributed by atoms with Crippen LogP contribution in [0, 0.1) is 0 Å². The van der Waals surface area contributed by atoms with Gasteiger partial charge in [0.15, 0.2) is 5.58 Å².